The lowest BCUT2D eigenvalue weighted by molar-refractivity contribution is 0.0240. The number of anilines is 2. The Balaban J connectivity index is 1.67. The number of rotatable bonds is 7. The van der Waals surface area contributed by atoms with Gasteiger partial charge in [0.05, 0.1) is 12.0 Å². The summed E-state index contributed by atoms with van der Waals surface area (Å²) in [5.74, 6) is -1.05. The number of amides is 1. The second-order valence-corrected chi connectivity index (χ2v) is 13.8. The van der Waals surface area contributed by atoms with E-state index in [0.717, 1.165) is 5.56 Å². The first-order chi connectivity index (χ1) is 20.1. The highest BCUT2D eigenvalue weighted by molar-refractivity contribution is 7.92. The van der Waals surface area contributed by atoms with Crippen LogP contribution in [0.3, 0.4) is 0 Å². The van der Waals surface area contributed by atoms with Crippen molar-refractivity contribution in [2.75, 3.05) is 42.9 Å². The van der Waals surface area contributed by atoms with E-state index in [-0.39, 0.29) is 27.8 Å². The number of ether oxygens (including phenoxy) is 3. The number of methoxy groups -OCH3 is 1. The molecule has 12 nitrogen and oxygen atoms in total. The van der Waals surface area contributed by atoms with E-state index < -0.39 is 33.3 Å². The second-order valence-electron chi connectivity index (χ2n) is 12.1. The van der Waals surface area contributed by atoms with Crippen LogP contribution in [0.1, 0.15) is 47.1 Å². The molecule has 13 heteroatoms. The van der Waals surface area contributed by atoms with Gasteiger partial charge in [-0.05, 0) is 56.0 Å². The van der Waals surface area contributed by atoms with Crippen molar-refractivity contribution < 1.29 is 32.5 Å². The van der Waals surface area contributed by atoms with Gasteiger partial charge >= 0.3 is 12.0 Å². The summed E-state index contributed by atoms with van der Waals surface area (Å²) in [5.41, 5.74) is 0.159. The second kappa shape index (κ2) is 12.2. The summed E-state index contributed by atoms with van der Waals surface area (Å²) in [6.45, 7) is 12.7. The lowest BCUT2D eigenvalue weighted by Crippen LogP contribution is -2.50. The minimum Gasteiger partial charge on any atom is -0.493 e. The van der Waals surface area contributed by atoms with Crippen LogP contribution in [0.5, 0.6) is 23.1 Å². The lowest BCUT2D eigenvalue weighted by Gasteiger charge is -2.35. The molecule has 1 aliphatic heterocycles. The average Bonchev–Trinajstić information content (AvgIpc) is 2.93. The molecule has 1 radical (unpaired) electrons. The molecule has 2 heterocycles. The van der Waals surface area contributed by atoms with Crippen molar-refractivity contribution in [3.05, 3.63) is 54.1 Å². The van der Waals surface area contributed by atoms with Crippen LogP contribution in [0, 0.1) is 0 Å². The van der Waals surface area contributed by atoms with Crippen molar-refractivity contribution in [1.82, 2.24) is 14.9 Å². The van der Waals surface area contributed by atoms with Gasteiger partial charge in [-0.3, -0.25) is 9.83 Å². The molecule has 0 unspecified atom stereocenters. The predicted molar refractivity (Wildman–Crippen MR) is 161 cm³/mol. The van der Waals surface area contributed by atoms with Crippen molar-refractivity contribution in [2.45, 2.75) is 57.5 Å². The number of para-hydroxylation sites is 2. The molecule has 1 aromatic heterocycles. The Hall–Kier alpha value is -4.26. The summed E-state index contributed by atoms with van der Waals surface area (Å²) in [4.78, 5) is 24.3. The Morgan fingerprint density at radius 1 is 0.884 bits per heavy atom. The molecule has 0 saturated carbocycles. The number of benzene rings is 2. The highest BCUT2D eigenvalue weighted by Gasteiger charge is 2.30. The molecule has 3 aromatic rings. The number of carbonyl (C=O) groups excluding carboxylic acids is 1. The van der Waals surface area contributed by atoms with Crippen LogP contribution in [0.15, 0.2) is 53.4 Å². The quantitative estimate of drug-likeness (QED) is 0.362. The van der Waals surface area contributed by atoms with E-state index in [1.807, 2.05) is 20.8 Å². The summed E-state index contributed by atoms with van der Waals surface area (Å²) in [6.07, 6.45) is -0.441. The standard InChI is InChI=1S/C30H38N5O7S/c1-29(2,3)20-12-14-21(15-13-20)43(38,39)33-25-24(41-23-11-9-8-10-22(23)40-7)26(36)32-27(31-25)34-16-18-35(19-17-34)28(37)42-30(4,5)6/h8-15H,16-19H2,1-7H3,(H,31,32,33). The van der Waals surface area contributed by atoms with Crippen LogP contribution in [0.2, 0.25) is 0 Å². The van der Waals surface area contributed by atoms with E-state index in [2.05, 4.69) is 14.7 Å². The first-order valence-electron chi connectivity index (χ1n) is 13.8. The Morgan fingerprint density at radius 3 is 2.05 bits per heavy atom. The van der Waals surface area contributed by atoms with E-state index >= 15 is 0 Å². The number of hydrogen-bond acceptors (Lipinski definition) is 9. The van der Waals surface area contributed by atoms with E-state index in [0.29, 0.717) is 31.9 Å². The van der Waals surface area contributed by atoms with Gasteiger partial charge in [-0.25, -0.2) is 13.2 Å². The van der Waals surface area contributed by atoms with Crippen molar-refractivity contribution >= 4 is 27.9 Å². The van der Waals surface area contributed by atoms with Crippen LogP contribution < -0.4 is 19.1 Å². The van der Waals surface area contributed by atoms with Crippen LogP contribution in [0.4, 0.5) is 16.6 Å². The van der Waals surface area contributed by atoms with E-state index in [1.54, 1.807) is 67.0 Å². The molecular formula is C30H38N5O7S. The molecule has 0 atom stereocenters. The summed E-state index contributed by atoms with van der Waals surface area (Å²) >= 11 is 0. The van der Waals surface area contributed by atoms with Crippen molar-refractivity contribution in [3.8, 4) is 23.1 Å². The van der Waals surface area contributed by atoms with Crippen LogP contribution >= 0.6 is 0 Å². The van der Waals surface area contributed by atoms with Gasteiger partial charge in [0.25, 0.3) is 10.0 Å². The Morgan fingerprint density at radius 2 is 1.49 bits per heavy atom. The summed E-state index contributed by atoms with van der Waals surface area (Å²) in [5, 5.41) is 13.4. The third-order valence-electron chi connectivity index (χ3n) is 6.58. The van der Waals surface area contributed by atoms with Crippen LogP contribution in [0.25, 0.3) is 0 Å². The molecule has 4 rings (SSSR count). The smallest absolute Gasteiger partial charge is 0.410 e. The molecule has 1 fully saturated rings. The number of piperazine rings is 1. The van der Waals surface area contributed by atoms with Crippen molar-refractivity contribution in [2.24, 2.45) is 0 Å². The normalized spacial score (nSPS) is 14.3. The zero-order chi connectivity index (χ0) is 31.6. The zero-order valence-electron chi connectivity index (χ0n) is 25.5. The fourth-order valence-corrected chi connectivity index (χ4v) is 5.28. The van der Waals surface area contributed by atoms with Crippen LogP contribution in [-0.4, -0.2) is 68.3 Å². The molecule has 231 valence electrons. The zero-order valence-corrected chi connectivity index (χ0v) is 26.3. The minimum absolute atomic E-state index is 0.00185. The summed E-state index contributed by atoms with van der Waals surface area (Å²) in [7, 11) is -2.74. The van der Waals surface area contributed by atoms with E-state index in [9.17, 15) is 18.3 Å². The lowest BCUT2D eigenvalue weighted by atomic mass is 9.87. The fraction of sp³-hybridized carbons (Fsp3) is 0.433. The fourth-order valence-electron chi connectivity index (χ4n) is 4.27. The first kappa shape index (κ1) is 31.7. The number of nitrogens with one attached hydrogen (secondary N) is 1. The first-order valence-corrected chi connectivity index (χ1v) is 15.3. The molecule has 1 aliphatic rings. The SMILES string of the molecule is COc1ccccc1Oc1c([O])nc(N2CCN(C(=O)OC(C)(C)C)CC2)nc1NS(=O)(=O)c1ccc(C(C)(C)C)cc1. The van der Waals surface area contributed by atoms with Crippen molar-refractivity contribution in [1.29, 1.82) is 0 Å². The molecule has 43 heavy (non-hydrogen) atoms. The topological polar surface area (TPSA) is 143 Å². The third-order valence-corrected chi connectivity index (χ3v) is 7.93. The van der Waals surface area contributed by atoms with Gasteiger partial charge in [-0.15, -0.1) is 0 Å². The summed E-state index contributed by atoms with van der Waals surface area (Å²) < 4.78 is 46.1. The molecular weight excluding hydrogens is 574 g/mol. The van der Waals surface area contributed by atoms with E-state index in [4.69, 9.17) is 14.2 Å². The van der Waals surface area contributed by atoms with Gasteiger partial charge < -0.3 is 24.0 Å². The maximum atomic E-state index is 13.5. The van der Waals surface area contributed by atoms with E-state index in [1.165, 1.54) is 19.2 Å². The molecule has 1 saturated heterocycles. The average molecular weight is 613 g/mol. The van der Waals surface area contributed by atoms with Gasteiger partial charge in [0.1, 0.15) is 5.60 Å². The molecule has 0 aliphatic carbocycles. The Kier molecular flexibility index (Phi) is 8.95. The molecule has 2 aromatic carbocycles. The van der Waals surface area contributed by atoms with Gasteiger partial charge in [0.2, 0.25) is 11.7 Å². The molecule has 0 spiro atoms. The number of aromatic nitrogens is 2. The summed E-state index contributed by atoms with van der Waals surface area (Å²) in [6, 6.07) is 13.1. The maximum absolute atomic E-state index is 13.5. The van der Waals surface area contributed by atoms with Crippen LogP contribution in [-0.2, 0) is 25.3 Å². The number of carbonyl (C=O) groups is 1. The number of nitrogens with zero attached hydrogens (tertiary/aromatic N) is 4. The van der Waals surface area contributed by atoms with Crippen molar-refractivity contribution in [3.63, 3.8) is 0 Å². The maximum Gasteiger partial charge on any atom is 0.410 e. The van der Waals surface area contributed by atoms with Gasteiger partial charge in [0, 0.05) is 26.2 Å². The molecule has 1 amide bonds. The van der Waals surface area contributed by atoms with Gasteiger partial charge in [-0.1, -0.05) is 45.0 Å². The van der Waals surface area contributed by atoms with Gasteiger partial charge in [-0.2, -0.15) is 9.97 Å². The monoisotopic (exact) mass is 612 g/mol. The highest BCUT2D eigenvalue weighted by Crippen LogP contribution is 2.41. The Bertz CT molecular complexity index is 1560. The highest BCUT2D eigenvalue weighted by atomic mass is 32.2. The minimum atomic E-state index is -4.19. The third kappa shape index (κ3) is 7.78. The molecule has 1 N–H and O–H groups in total. The Labute approximate surface area is 252 Å². The number of sulfonamides is 1. The number of hydrogen-bond donors (Lipinski definition) is 1. The molecule has 0 bridgehead atoms. The van der Waals surface area contributed by atoms with Gasteiger partial charge in [0.15, 0.2) is 17.3 Å². The predicted octanol–water partition coefficient (Wildman–Crippen LogP) is 5.58. The largest absolute Gasteiger partial charge is 0.493 e.